The molecule has 2 aromatic heterocycles. The van der Waals surface area contributed by atoms with Crippen molar-refractivity contribution in [3.63, 3.8) is 0 Å². The second-order valence-electron chi connectivity index (χ2n) is 16.8. The number of carbonyl (C=O) groups is 2. The SMILES string of the molecule is CCN(CC)[C@@H](C(=O)N(C)[C@@H](C)c1nc2c([nH]1)CCCc1cc(-c3ccc(-c4cnc([C@@H]5CCCN5C(=O)[C@@H](c5ccccc5)N(CC)CC)[nH]4)cc3)ccc1-2)c1ccccc1. The van der Waals surface area contributed by atoms with E-state index in [1.54, 1.807) is 0 Å². The van der Waals surface area contributed by atoms with E-state index in [0.29, 0.717) is 0 Å². The number of imidazole rings is 2. The Morgan fingerprint density at radius 2 is 1.35 bits per heavy atom. The first-order chi connectivity index (χ1) is 30.2. The molecule has 3 heterocycles. The first kappa shape index (κ1) is 42.8. The molecular formula is C52H62N8O2. The number of hydrogen-bond donors (Lipinski definition) is 2. The van der Waals surface area contributed by atoms with E-state index in [1.165, 1.54) is 11.1 Å². The van der Waals surface area contributed by atoms with Gasteiger partial charge in [0, 0.05) is 24.8 Å². The number of carbonyl (C=O) groups excluding carboxylic acids is 2. The fourth-order valence-corrected chi connectivity index (χ4v) is 9.70. The molecule has 0 unspecified atom stereocenters. The number of aromatic nitrogens is 4. The van der Waals surface area contributed by atoms with Crippen LogP contribution in [0.3, 0.4) is 0 Å². The van der Waals surface area contributed by atoms with Crippen LogP contribution in [0, 0.1) is 0 Å². The lowest BCUT2D eigenvalue weighted by atomic mass is 9.95. The van der Waals surface area contributed by atoms with Crippen molar-refractivity contribution in [2.75, 3.05) is 39.8 Å². The minimum atomic E-state index is -0.354. The summed E-state index contributed by atoms with van der Waals surface area (Å²) in [6.45, 7) is 14.4. The van der Waals surface area contributed by atoms with Gasteiger partial charge in [-0.2, -0.15) is 0 Å². The van der Waals surface area contributed by atoms with Gasteiger partial charge < -0.3 is 19.8 Å². The molecule has 2 aliphatic rings. The Morgan fingerprint density at radius 3 is 2.02 bits per heavy atom. The number of aryl methyl sites for hydroxylation is 2. The van der Waals surface area contributed by atoms with E-state index in [2.05, 4.69) is 109 Å². The van der Waals surface area contributed by atoms with E-state index in [1.807, 2.05) is 71.6 Å². The summed E-state index contributed by atoms with van der Waals surface area (Å²) in [7, 11) is 1.90. The summed E-state index contributed by atoms with van der Waals surface area (Å²) in [5, 5.41) is 0. The van der Waals surface area contributed by atoms with Crippen LogP contribution in [-0.4, -0.2) is 91.1 Å². The van der Waals surface area contributed by atoms with Crippen LogP contribution in [0.4, 0.5) is 0 Å². The van der Waals surface area contributed by atoms with E-state index in [0.717, 1.165) is 121 Å². The van der Waals surface area contributed by atoms with E-state index in [-0.39, 0.29) is 36.0 Å². The van der Waals surface area contributed by atoms with Gasteiger partial charge >= 0.3 is 0 Å². The van der Waals surface area contributed by atoms with Crippen molar-refractivity contribution in [2.24, 2.45) is 0 Å². The maximum absolute atomic E-state index is 14.3. The van der Waals surface area contributed by atoms with Crippen molar-refractivity contribution < 1.29 is 9.59 Å². The van der Waals surface area contributed by atoms with Gasteiger partial charge in [0.05, 0.1) is 29.7 Å². The number of hydrogen-bond acceptors (Lipinski definition) is 6. The third kappa shape index (κ3) is 8.50. The average molecular weight is 831 g/mol. The predicted octanol–water partition coefficient (Wildman–Crippen LogP) is 9.97. The first-order valence-corrected chi connectivity index (χ1v) is 22.8. The number of rotatable bonds is 15. The molecular weight excluding hydrogens is 769 g/mol. The number of amides is 2. The van der Waals surface area contributed by atoms with Gasteiger partial charge in [-0.3, -0.25) is 19.4 Å². The topological polar surface area (TPSA) is 104 Å². The van der Waals surface area contributed by atoms with Crippen LogP contribution in [0.15, 0.2) is 109 Å². The highest BCUT2D eigenvalue weighted by Crippen LogP contribution is 2.38. The number of H-pyrrole nitrogens is 2. The third-order valence-electron chi connectivity index (χ3n) is 13.4. The largest absolute Gasteiger partial charge is 0.344 e. The van der Waals surface area contributed by atoms with Crippen molar-refractivity contribution in [1.82, 2.24) is 39.5 Å². The highest BCUT2D eigenvalue weighted by atomic mass is 16.2. The molecule has 1 aliphatic carbocycles. The van der Waals surface area contributed by atoms with Crippen LogP contribution in [0.5, 0.6) is 0 Å². The summed E-state index contributed by atoms with van der Waals surface area (Å²) >= 11 is 0. The molecule has 10 heteroatoms. The summed E-state index contributed by atoms with van der Waals surface area (Å²) < 4.78 is 0. The molecule has 10 nitrogen and oxygen atoms in total. The maximum atomic E-state index is 14.3. The molecule has 2 N–H and O–H groups in total. The van der Waals surface area contributed by atoms with Gasteiger partial charge in [-0.1, -0.05) is 131 Å². The van der Waals surface area contributed by atoms with Crippen molar-refractivity contribution in [2.45, 2.75) is 90.9 Å². The lowest BCUT2D eigenvalue weighted by Crippen LogP contribution is -2.43. The van der Waals surface area contributed by atoms with Gasteiger partial charge in [0.25, 0.3) is 0 Å². The number of benzene rings is 4. The second-order valence-corrected chi connectivity index (χ2v) is 16.8. The lowest BCUT2D eigenvalue weighted by molar-refractivity contribution is -0.139. The molecule has 6 aromatic rings. The van der Waals surface area contributed by atoms with Crippen LogP contribution in [0.1, 0.15) is 112 Å². The number of aromatic amines is 2. The number of likely N-dealkylation sites (tertiary alicyclic amines) is 1. The highest BCUT2D eigenvalue weighted by Gasteiger charge is 2.38. The minimum absolute atomic E-state index is 0.0681. The van der Waals surface area contributed by atoms with Gasteiger partial charge in [0.2, 0.25) is 11.8 Å². The van der Waals surface area contributed by atoms with E-state index in [9.17, 15) is 9.59 Å². The molecule has 1 aliphatic heterocycles. The Morgan fingerprint density at radius 1 is 0.742 bits per heavy atom. The molecule has 0 spiro atoms. The standard InChI is InChI=1S/C52H62N8O2/c1-7-58(8-2)47(38-19-13-11-14-20-38)51(61)57(6)35(5)49-54-43-24-17-23-41-33-40(30-31-42(41)46(43)56-49)36-26-28-37(29-27-36)44-34-53-50(55-44)45-25-18-32-60(45)52(62)48(59(9-3)10-4)39-21-15-12-16-22-39/h11-16,19-22,26-31,33-35,45,47-48H,7-10,17-18,23-25,32H2,1-6H3,(H,53,55)(H,54,56)/t35-,45-,47+,48+/m0/s1. The Labute approximate surface area is 367 Å². The summed E-state index contributed by atoms with van der Waals surface area (Å²) in [5.41, 5.74) is 10.9. The van der Waals surface area contributed by atoms with Gasteiger partial charge in [-0.25, -0.2) is 9.97 Å². The minimum Gasteiger partial charge on any atom is -0.344 e. The molecule has 0 saturated carbocycles. The second kappa shape index (κ2) is 19.1. The zero-order valence-electron chi connectivity index (χ0n) is 37.3. The van der Waals surface area contributed by atoms with Gasteiger partial charge in [-0.15, -0.1) is 0 Å². The van der Waals surface area contributed by atoms with E-state index in [4.69, 9.17) is 9.97 Å². The van der Waals surface area contributed by atoms with Gasteiger partial charge in [-0.05, 0) is 98.6 Å². The number of fused-ring (bicyclic) bond motifs is 3. The summed E-state index contributed by atoms with van der Waals surface area (Å²) in [6.07, 6.45) is 6.63. The lowest BCUT2D eigenvalue weighted by Gasteiger charge is -2.34. The van der Waals surface area contributed by atoms with Crippen molar-refractivity contribution in [1.29, 1.82) is 0 Å². The van der Waals surface area contributed by atoms with Crippen LogP contribution < -0.4 is 0 Å². The fraction of sp³-hybridized carbons (Fsp3) is 0.385. The van der Waals surface area contributed by atoms with Crippen LogP contribution in [0.2, 0.25) is 0 Å². The van der Waals surface area contributed by atoms with E-state index >= 15 is 0 Å². The smallest absolute Gasteiger partial charge is 0.245 e. The molecule has 4 atom stereocenters. The van der Waals surface area contributed by atoms with Crippen molar-refractivity contribution in [3.8, 4) is 33.6 Å². The van der Waals surface area contributed by atoms with Crippen LogP contribution >= 0.6 is 0 Å². The first-order valence-electron chi connectivity index (χ1n) is 22.8. The van der Waals surface area contributed by atoms with Crippen LogP contribution in [0.25, 0.3) is 33.6 Å². The Kier molecular flexibility index (Phi) is 13.2. The number of likely N-dealkylation sites (N-methyl/N-ethyl adjacent to an activating group) is 3. The normalized spacial score (nSPS) is 16.5. The zero-order valence-corrected chi connectivity index (χ0v) is 37.3. The molecule has 1 fully saturated rings. The van der Waals surface area contributed by atoms with Crippen molar-refractivity contribution >= 4 is 11.8 Å². The number of nitrogens with zero attached hydrogens (tertiary/aromatic N) is 6. The summed E-state index contributed by atoms with van der Waals surface area (Å²) in [4.78, 5) is 54.2. The Hall–Kier alpha value is -5.84. The van der Waals surface area contributed by atoms with Crippen molar-refractivity contribution in [3.05, 3.63) is 143 Å². The third-order valence-corrected chi connectivity index (χ3v) is 13.4. The molecule has 0 bridgehead atoms. The maximum Gasteiger partial charge on any atom is 0.245 e. The van der Waals surface area contributed by atoms with E-state index < -0.39 is 0 Å². The molecule has 0 radical (unpaired) electrons. The monoisotopic (exact) mass is 830 g/mol. The predicted molar refractivity (Wildman–Crippen MR) is 248 cm³/mol. The quantitative estimate of drug-likeness (QED) is 0.107. The van der Waals surface area contributed by atoms with Crippen LogP contribution in [-0.2, 0) is 22.4 Å². The molecule has 322 valence electrons. The van der Waals surface area contributed by atoms with Gasteiger partial charge in [0.1, 0.15) is 23.7 Å². The Balaban J connectivity index is 0.978. The van der Waals surface area contributed by atoms with Gasteiger partial charge in [0.15, 0.2) is 0 Å². The molecule has 2 amide bonds. The molecule has 62 heavy (non-hydrogen) atoms. The molecule has 4 aromatic carbocycles. The molecule has 1 saturated heterocycles. The summed E-state index contributed by atoms with van der Waals surface area (Å²) in [6, 6.07) is 34.7. The fourth-order valence-electron chi connectivity index (χ4n) is 9.70. The average Bonchev–Trinajstić information content (AvgIpc) is 4.09. The highest BCUT2D eigenvalue weighted by molar-refractivity contribution is 5.85. The molecule has 8 rings (SSSR count). The summed E-state index contributed by atoms with van der Waals surface area (Å²) in [5.74, 6) is 1.87. The Bertz CT molecular complexity index is 2430. The zero-order chi connectivity index (χ0) is 43.3. The number of nitrogens with one attached hydrogen (secondary N) is 2.